The van der Waals surface area contributed by atoms with Crippen LogP contribution in [0.2, 0.25) is 0 Å². The molecule has 1 amide bonds. The minimum absolute atomic E-state index is 0.226. The normalized spacial score (nSPS) is 13.4. The van der Waals surface area contributed by atoms with Gasteiger partial charge in [-0.15, -0.1) is 0 Å². The lowest BCUT2D eigenvalue weighted by Gasteiger charge is -2.31. The van der Waals surface area contributed by atoms with E-state index in [0.29, 0.717) is 12.1 Å². The van der Waals surface area contributed by atoms with Crippen molar-refractivity contribution in [3.63, 3.8) is 0 Å². The summed E-state index contributed by atoms with van der Waals surface area (Å²) in [5.74, 6) is 0.389. The molecule has 2 atom stereocenters. The van der Waals surface area contributed by atoms with E-state index in [2.05, 4.69) is 5.32 Å². The molecule has 0 fully saturated rings. The van der Waals surface area contributed by atoms with Crippen LogP contribution in [0.25, 0.3) is 0 Å². The number of carbonyl (C=O) groups is 1. The maximum atomic E-state index is 13.0. The van der Waals surface area contributed by atoms with Gasteiger partial charge in [-0.1, -0.05) is 31.2 Å². The molecule has 1 N–H and O–H groups in total. The summed E-state index contributed by atoms with van der Waals surface area (Å²) in [4.78, 5) is 13.0. The van der Waals surface area contributed by atoms with Crippen LogP contribution in [0.1, 0.15) is 43.0 Å². The molecular formula is C22H30N2O4S. The highest BCUT2D eigenvalue weighted by atomic mass is 32.2. The average Bonchev–Trinajstić information content (AvgIpc) is 2.67. The summed E-state index contributed by atoms with van der Waals surface area (Å²) in [5, 5.41) is 2.99. The van der Waals surface area contributed by atoms with Gasteiger partial charge in [0.2, 0.25) is 15.9 Å². The van der Waals surface area contributed by atoms with Crippen LogP contribution in [0, 0.1) is 13.8 Å². The molecule has 6 nitrogen and oxygen atoms in total. The number of sulfonamides is 1. The van der Waals surface area contributed by atoms with E-state index in [-0.39, 0.29) is 11.9 Å². The Balaban J connectivity index is 2.31. The Bertz CT molecular complexity index is 955. The van der Waals surface area contributed by atoms with Gasteiger partial charge in [-0.25, -0.2) is 8.42 Å². The quantitative estimate of drug-likeness (QED) is 0.709. The Morgan fingerprint density at radius 3 is 2.28 bits per heavy atom. The number of anilines is 1. The molecule has 2 rings (SSSR count). The summed E-state index contributed by atoms with van der Waals surface area (Å²) < 4.78 is 31.5. The highest BCUT2D eigenvalue weighted by molar-refractivity contribution is 7.92. The van der Waals surface area contributed by atoms with Crippen LogP contribution in [-0.2, 0) is 14.8 Å². The fourth-order valence-electron chi connectivity index (χ4n) is 3.29. The fourth-order valence-corrected chi connectivity index (χ4v) is 4.51. The highest BCUT2D eigenvalue weighted by Crippen LogP contribution is 2.27. The number of hydrogen-bond donors (Lipinski definition) is 1. The highest BCUT2D eigenvalue weighted by Gasteiger charge is 2.31. The van der Waals surface area contributed by atoms with Gasteiger partial charge < -0.3 is 10.1 Å². The Hall–Kier alpha value is -2.54. The number of amides is 1. The Morgan fingerprint density at radius 1 is 1.14 bits per heavy atom. The van der Waals surface area contributed by atoms with Crippen LogP contribution >= 0.6 is 0 Å². The van der Waals surface area contributed by atoms with E-state index >= 15 is 0 Å². The zero-order valence-corrected chi connectivity index (χ0v) is 18.7. The molecule has 7 heteroatoms. The number of carbonyl (C=O) groups excluding carboxylic acids is 1. The molecule has 0 saturated carbocycles. The molecule has 29 heavy (non-hydrogen) atoms. The van der Waals surface area contributed by atoms with Gasteiger partial charge in [-0.05, 0) is 62.1 Å². The molecule has 2 aromatic carbocycles. The first-order valence-electron chi connectivity index (χ1n) is 9.59. The zero-order valence-electron chi connectivity index (χ0n) is 17.9. The van der Waals surface area contributed by atoms with Crippen molar-refractivity contribution in [1.29, 1.82) is 0 Å². The molecule has 0 saturated heterocycles. The molecular weight excluding hydrogens is 388 g/mol. The van der Waals surface area contributed by atoms with Crippen molar-refractivity contribution in [3.8, 4) is 5.75 Å². The minimum Gasteiger partial charge on any atom is -0.497 e. The van der Waals surface area contributed by atoms with E-state index in [4.69, 9.17) is 4.74 Å². The van der Waals surface area contributed by atoms with Gasteiger partial charge in [-0.3, -0.25) is 9.10 Å². The Kier molecular flexibility index (Phi) is 7.30. The van der Waals surface area contributed by atoms with Crippen LogP contribution < -0.4 is 14.4 Å². The number of ether oxygens (including phenoxy) is 1. The summed E-state index contributed by atoms with van der Waals surface area (Å²) in [6.07, 6.45) is 1.80. The number of methoxy groups -OCH3 is 1. The smallest absolute Gasteiger partial charge is 0.244 e. The van der Waals surface area contributed by atoms with E-state index in [0.717, 1.165) is 28.7 Å². The van der Waals surface area contributed by atoms with E-state index in [1.165, 1.54) is 4.31 Å². The number of hydrogen-bond acceptors (Lipinski definition) is 4. The van der Waals surface area contributed by atoms with Gasteiger partial charge in [0.25, 0.3) is 0 Å². The van der Waals surface area contributed by atoms with E-state index in [1.807, 2.05) is 57.2 Å². The standard InChI is InChI=1S/C22H30N2O4S/c1-7-20(18-10-12-19(28-5)13-11-18)23-22(25)17(4)24(29(6,26)27)21-14-15(2)8-9-16(21)3/h8-14,17,20H,7H2,1-6H3,(H,23,25)/t17-,20-/m0/s1. The SMILES string of the molecule is CC[C@H](NC(=O)[C@H](C)N(c1cc(C)ccc1C)S(C)(=O)=O)c1ccc(OC)cc1. The second kappa shape index (κ2) is 9.31. The third-order valence-electron chi connectivity index (χ3n) is 4.93. The molecule has 0 radical (unpaired) electrons. The van der Waals surface area contributed by atoms with Gasteiger partial charge >= 0.3 is 0 Å². The molecule has 0 bridgehead atoms. The third-order valence-corrected chi connectivity index (χ3v) is 6.16. The molecule has 0 aromatic heterocycles. The largest absolute Gasteiger partial charge is 0.497 e. The molecule has 0 unspecified atom stereocenters. The van der Waals surface area contributed by atoms with Crippen LogP contribution in [-0.4, -0.2) is 33.7 Å². The van der Waals surface area contributed by atoms with Crippen molar-refractivity contribution < 1.29 is 17.9 Å². The molecule has 158 valence electrons. The zero-order chi connectivity index (χ0) is 21.8. The molecule has 0 aliphatic carbocycles. The van der Waals surface area contributed by atoms with Gasteiger partial charge in [0, 0.05) is 0 Å². The van der Waals surface area contributed by atoms with Crippen molar-refractivity contribution in [2.75, 3.05) is 17.7 Å². The summed E-state index contributed by atoms with van der Waals surface area (Å²) in [5.41, 5.74) is 3.18. The Labute approximate surface area is 173 Å². The second-order valence-electron chi connectivity index (χ2n) is 7.27. The first-order chi connectivity index (χ1) is 13.6. The summed E-state index contributed by atoms with van der Waals surface area (Å²) in [6, 6.07) is 11.9. The van der Waals surface area contributed by atoms with Crippen molar-refractivity contribution in [2.24, 2.45) is 0 Å². The lowest BCUT2D eigenvalue weighted by Crippen LogP contribution is -2.48. The first kappa shape index (κ1) is 22.7. The van der Waals surface area contributed by atoms with Crippen molar-refractivity contribution in [2.45, 2.75) is 46.2 Å². The first-order valence-corrected chi connectivity index (χ1v) is 11.4. The van der Waals surface area contributed by atoms with Gasteiger partial charge in [0.1, 0.15) is 11.8 Å². The van der Waals surface area contributed by atoms with Gasteiger partial charge in [-0.2, -0.15) is 0 Å². The maximum Gasteiger partial charge on any atom is 0.244 e. The summed E-state index contributed by atoms with van der Waals surface area (Å²) in [7, 11) is -2.06. The average molecular weight is 419 g/mol. The molecule has 2 aromatic rings. The van der Waals surface area contributed by atoms with Crippen molar-refractivity contribution >= 4 is 21.6 Å². The summed E-state index contributed by atoms with van der Waals surface area (Å²) >= 11 is 0. The van der Waals surface area contributed by atoms with E-state index in [9.17, 15) is 13.2 Å². The lowest BCUT2D eigenvalue weighted by atomic mass is 10.0. The predicted molar refractivity (Wildman–Crippen MR) is 117 cm³/mol. The van der Waals surface area contributed by atoms with Crippen molar-refractivity contribution in [3.05, 3.63) is 59.2 Å². The fraction of sp³-hybridized carbons (Fsp3) is 0.409. The van der Waals surface area contributed by atoms with Crippen molar-refractivity contribution in [1.82, 2.24) is 5.32 Å². The number of benzene rings is 2. The monoisotopic (exact) mass is 418 g/mol. The van der Waals surface area contributed by atoms with E-state index < -0.39 is 16.1 Å². The van der Waals surface area contributed by atoms with Crippen LogP contribution in [0.3, 0.4) is 0 Å². The maximum absolute atomic E-state index is 13.0. The summed E-state index contributed by atoms with van der Waals surface area (Å²) in [6.45, 7) is 7.31. The molecule has 0 aliphatic heterocycles. The predicted octanol–water partition coefficient (Wildman–Crippen LogP) is 3.73. The lowest BCUT2D eigenvalue weighted by molar-refractivity contribution is -0.122. The minimum atomic E-state index is -3.66. The van der Waals surface area contributed by atoms with Crippen LogP contribution in [0.5, 0.6) is 5.75 Å². The van der Waals surface area contributed by atoms with Gasteiger partial charge in [0.15, 0.2) is 0 Å². The van der Waals surface area contributed by atoms with Crippen LogP contribution in [0.4, 0.5) is 5.69 Å². The van der Waals surface area contributed by atoms with E-state index in [1.54, 1.807) is 20.1 Å². The third kappa shape index (κ3) is 5.50. The second-order valence-corrected chi connectivity index (χ2v) is 9.13. The number of rotatable bonds is 8. The topological polar surface area (TPSA) is 75.7 Å². The number of nitrogens with one attached hydrogen (secondary N) is 1. The van der Waals surface area contributed by atoms with Gasteiger partial charge in [0.05, 0.1) is 25.1 Å². The number of nitrogens with zero attached hydrogens (tertiary/aromatic N) is 1. The number of aryl methyl sites for hydroxylation is 2. The molecule has 0 aliphatic rings. The molecule has 0 spiro atoms. The Morgan fingerprint density at radius 2 is 1.76 bits per heavy atom. The molecule has 0 heterocycles. The van der Waals surface area contributed by atoms with Crippen LogP contribution in [0.15, 0.2) is 42.5 Å².